The molecule has 1 N–H and O–H groups in total. The summed E-state index contributed by atoms with van der Waals surface area (Å²) < 4.78 is 41.0. The third-order valence-corrected chi connectivity index (χ3v) is 2.34. The molecule has 0 aliphatic carbocycles. The van der Waals surface area contributed by atoms with Crippen LogP contribution < -0.4 is 0 Å². The molecule has 1 aromatic heterocycles. The first-order chi connectivity index (χ1) is 8.35. The summed E-state index contributed by atoms with van der Waals surface area (Å²) >= 11 is 5.81. The van der Waals surface area contributed by atoms with Gasteiger partial charge in [-0.1, -0.05) is 16.8 Å². The van der Waals surface area contributed by atoms with Gasteiger partial charge in [-0.15, -0.1) is 0 Å². The van der Waals surface area contributed by atoms with E-state index in [1.807, 2.05) is 0 Å². The minimum Gasteiger partial charge on any atom is -0.508 e. The molecule has 18 heavy (non-hydrogen) atoms. The highest BCUT2D eigenvalue weighted by molar-refractivity contribution is 6.33. The number of aromatic hydroxyl groups is 1. The van der Waals surface area contributed by atoms with Crippen LogP contribution in [0, 0.1) is 0 Å². The van der Waals surface area contributed by atoms with Crippen molar-refractivity contribution < 1.29 is 22.8 Å². The first kappa shape index (κ1) is 12.7. The van der Waals surface area contributed by atoms with Crippen LogP contribution in [0.1, 0.15) is 5.82 Å². The Morgan fingerprint density at radius 1 is 1.33 bits per heavy atom. The zero-order valence-electron chi connectivity index (χ0n) is 8.70. The van der Waals surface area contributed by atoms with Gasteiger partial charge in [0, 0.05) is 0 Å². The summed E-state index contributed by atoms with van der Waals surface area (Å²) in [7, 11) is 0. The SMILES string of the molecule is Oc1ccc(Cl)c(-c2nc(CC(F)(F)F)no2)c1. The topological polar surface area (TPSA) is 59.2 Å². The van der Waals surface area contributed by atoms with Crippen molar-refractivity contribution in [1.29, 1.82) is 0 Å². The second kappa shape index (κ2) is 4.49. The molecular weight excluding hydrogens is 273 g/mol. The van der Waals surface area contributed by atoms with Crippen LogP contribution in [-0.4, -0.2) is 21.4 Å². The molecule has 0 bridgehead atoms. The van der Waals surface area contributed by atoms with Crippen LogP contribution >= 0.6 is 11.6 Å². The fourth-order valence-corrected chi connectivity index (χ4v) is 1.49. The normalized spacial score (nSPS) is 11.8. The summed E-state index contributed by atoms with van der Waals surface area (Å²) in [6, 6.07) is 3.94. The van der Waals surface area contributed by atoms with E-state index in [4.69, 9.17) is 11.6 Å². The molecule has 1 aromatic carbocycles. The van der Waals surface area contributed by atoms with Gasteiger partial charge in [-0.25, -0.2) is 0 Å². The van der Waals surface area contributed by atoms with Crippen LogP contribution in [0.4, 0.5) is 13.2 Å². The number of nitrogens with zero attached hydrogens (tertiary/aromatic N) is 2. The fraction of sp³-hybridized carbons (Fsp3) is 0.200. The Morgan fingerprint density at radius 2 is 2.06 bits per heavy atom. The van der Waals surface area contributed by atoms with E-state index < -0.39 is 18.4 Å². The van der Waals surface area contributed by atoms with Gasteiger partial charge in [-0.3, -0.25) is 0 Å². The maximum absolute atomic E-state index is 12.1. The van der Waals surface area contributed by atoms with Crippen molar-refractivity contribution in [2.45, 2.75) is 12.6 Å². The average Bonchev–Trinajstić information content (AvgIpc) is 2.67. The molecular formula is C10H6ClF3N2O2. The molecule has 0 aliphatic heterocycles. The largest absolute Gasteiger partial charge is 0.508 e. The van der Waals surface area contributed by atoms with Gasteiger partial charge < -0.3 is 9.63 Å². The molecule has 2 rings (SSSR count). The number of alkyl halides is 3. The number of rotatable bonds is 2. The quantitative estimate of drug-likeness (QED) is 0.916. The molecule has 4 nitrogen and oxygen atoms in total. The third-order valence-electron chi connectivity index (χ3n) is 2.01. The molecule has 0 fully saturated rings. The monoisotopic (exact) mass is 278 g/mol. The molecule has 0 unspecified atom stereocenters. The molecule has 0 saturated carbocycles. The molecule has 0 amide bonds. The summed E-state index contributed by atoms with van der Waals surface area (Å²) in [6.07, 6.45) is -5.70. The van der Waals surface area contributed by atoms with Gasteiger partial charge in [-0.2, -0.15) is 18.2 Å². The van der Waals surface area contributed by atoms with Gasteiger partial charge in [0.1, 0.15) is 12.2 Å². The summed E-state index contributed by atoms with van der Waals surface area (Å²) in [6.45, 7) is 0. The Hall–Kier alpha value is -1.76. The van der Waals surface area contributed by atoms with Crippen molar-refractivity contribution in [1.82, 2.24) is 10.1 Å². The van der Waals surface area contributed by atoms with E-state index in [9.17, 15) is 18.3 Å². The highest BCUT2D eigenvalue weighted by Crippen LogP contribution is 2.30. The Labute approximate surface area is 104 Å². The lowest BCUT2D eigenvalue weighted by atomic mass is 10.2. The Bertz CT molecular complexity index is 568. The summed E-state index contributed by atoms with van der Waals surface area (Å²) in [5.74, 6) is -0.767. The number of aromatic nitrogens is 2. The summed E-state index contributed by atoms with van der Waals surface area (Å²) in [5, 5.41) is 12.7. The Kier molecular flexibility index (Phi) is 3.16. The van der Waals surface area contributed by atoms with E-state index in [1.165, 1.54) is 18.2 Å². The van der Waals surface area contributed by atoms with Crippen molar-refractivity contribution in [2.24, 2.45) is 0 Å². The van der Waals surface area contributed by atoms with Gasteiger partial charge in [-0.05, 0) is 18.2 Å². The van der Waals surface area contributed by atoms with Crippen molar-refractivity contribution in [3.8, 4) is 17.2 Å². The molecule has 96 valence electrons. The van der Waals surface area contributed by atoms with Crippen LogP contribution in [0.3, 0.4) is 0 Å². The van der Waals surface area contributed by atoms with Crippen LogP contribution in [0.15, 0.2) is 22.7 Å². The van der Waals surface area contributed by atoms with E-state index in [2.05, 4.69) is 14.7 Å². The summed E-state index contributed by atoms with van der Waals surface area (Å²) in [4.78, 5) is 3.57. The van der Waals surface area contributed by atoms with Crippen molar-refractivity contribution in [3.05, 3.63) is 29.0 Å². The zero-order valence-corrected chi connectivity index (χ0v) is 9.46. The first-order valence-corrected chi connectivity index (χ1v) is 5.11. The van der Waals surface area contributed by atoms with E-state index in [0.29, 0.717) is 0 Å². The van der Waals surface area contributed by atoms with Crippen LogP contribution in [0.2, 0.25) is 5.02 Å². The van der Waals surface area contributed by atoms with Crippen molar-refractivity contribution in [2.75, 3.05) is 0 Å². The van der Waals surface area contributed by atoms with Gasteiger partial charge in [0.2, 0.25) is 0 Å². The maximum atomic E-state index is 12.1. The van der Waals surface area contributed by atoms with Crippen LogP contribution in [0.5, 0.6) is 5.75 Å². The number of phenolic OH excluding ortho intramolecular Hbond substituents is 1. The lowest BCUT2D eigenvalue weighted by molar-refractivity contribution is -0.128. The molecule has 1 heterocycles. The first-order valence-electron chi connectivity index (χ1n) is 4.73. The molecule has 8 heteroatoms. The number of phenols is 1. The standard InChI is InChI=1S/C10H6ClF3N2O2/c11-7-2-1-5(17)3-6(7)9-15-8(16-18-9)4-10(12,13)14/h1-3,17H,4H2. The molecule has 0 aliphatic rings. The van der Waals surface area contributed by atoms with E-state index in [1.54, 1.807) is 0 Å². The van der Waals surface area contributed by atoms with Crippen LogP contribution in [-0.2, 0) is 6.42 Å². The number of hydrogen-bond acceptors (Lipinski definition) is 4. The number of hydrogen-bond donors (Lipinski definition) is 1. The summed E-state index contributed by atoms with van der Waals surface area (Å²) in [5.41, 5.74) is 0.178. The van der Waals surface area contributed by atoms with Crippen molar-refractivity contribution >= 4 is 11.6 Å². The van der Waals surface area contributed by atoms with Gasteiger partial charge in [0.05, 0.1) is 10.6 Å². The maximum Gasteiger partial charge on any atom is 0.396 e. The molecule has 2 aromatic rings. The second-order valence-electron chi connectivity index (χ2n) is 3.47. The molecule has 0 spiro atoms. The lowest BCUT2D eigenvalue weighted by Gasteiger charge is -2.00. The van der Waals surface area contributed by atoms with Gasteiger partial charge in [0.15, 0.2) is 5.82 Å². The third kappa shape index (κ3) is 2.92. The molecule has 0 saturated heterocycles. The van der Waals surface area contributed by atoms with Crippen LogP contribution in [0.25, 0.3) is 11.5 Å². The fourth-order valence-electron chi connectivity index (χ4n) is 1.29. The van der Waals surface area contributed by atoms with Crippen molar-refractivity contribution in [3.63, 3.8) is 0 Å². The van der Waals surface area contributed by atoms with E-state index in [0.717, 1.165) is 0 Å². The molecule has 0 atom stereocenters. The van der Waals surface area contributed by atoms with E-state index in [-0.39, 0.29) is 22.2 Å². The highest BCUT2D eigenvalue weighted by Gasteiger charge is 2.30. The minimum absolute atomic E-state index is 0.107. The molecule has 0 radical (unpaired) electrons. The number of halogens is 4. The minimum atomic E-state index is -4.41. The Balaban J connectivity index is 2.32. The van der Waals surface area contributed by atoms with E-state index >= 15 is 0 Å². The van der Waals surface area contributed by atoms with Gasteiger partial charge >= 0.3 is 6.18 Å². The van der Waals surface area contributed by atoms with Gasteiger partial charge in [0.25, 0.3) is 5.89 Å². The predicted octanol–water partition coefficient (Wildman–Crippen LogP) is 3.20. The Morgan fingerprint density at radius 3 is 2.72 bits per heavy atom. The average molecular weight is 279 g/mol. The smallest absolute Gasteiger partial charge is 0.396 e. The number of benzene rings is 1. The highest BCUT2D eigenvalue weighted by atomic mass is 35.5. The zero-order chi connectivity index (χ0) is 13.3. The lowest BCUT2D eigenvalue weighted by Crippen LogP contribution is -2.12. The second-order valence-corrected chi connectivity index (χ2v) is 3.88. The predicted molar refractivity (Wildman–Crippen MR) is 56.2 cm³/mol.